The maximum Gasteiger partial charge on any atom is 0.250 e. The van der Waals surface area contributed by atoms with Gasteiger partial charge in [0.05, 0.1) is 11.4 Å². The van der Waals surface area contributed by atoms with Crippen LogP contribution in [0.5, 0.6) is 0 Å². The number of piperazine rings is 1. The van der Waals surface area contributed by atoms with Gasteiger partial charge >= 0.3 is 0 Å². The molecule has 0 radical (unpaired) electrons. The zero-order chi connectivity index (χ0) is 16.8. The number of benzene rings is 1. The van der Waals surface area contributed by atoms with E-state index in [0.717, 1.165) is 24.5 Å². The molecule has 2 aromatic rings. The molecule has 24 heavy (non-hydrogen) atoms. The standard InChI is InChI=1S/C16H20N6OS/c1-2-12-24-13-15(23)20-8-10-21(11-9-20)16-17-18-19-22(16)14-6-4-3-5-7-14/h2-7H,1,8-13H2. The molecule has 1 amide bonds. The number of carbonyl (C=O) groups is 1. The number of anilines is 1. The number of thioether (sulfide) groups is 1. The van der Waals surface area contributed by atoms with Crippen LogP contribution in [0.1, 0.15) is 0 Å². The maximum atomic E-state index is 12.2. The van der Waals surface area contributed by atoms with E-state index in [2.05, 4.69) is 27.0 Å². The largest absolute Gasteiger partial charge is 0.338 e. The van der Waals surface area contributed by atoms with Gasteiger partial charge in [-0.25, -0.2) is 0 Å². The van der Waals surface area contributed by atoms with Crippen molar-refractivity contribution >= 4 is 23.6 Å². The highest BCUT2D eigenvalue weighted by Crippen LogP contribution is 2.17. The second kappa shape index (κ2) is 7.96. The van der Waals surface area contributed by atoms with Crippen LogP contribution in [-0.2, 0) is 4.79 Å². The molecular formula is C16H20N6OS. The van der Waals surface area contributed by atoms with Crippen molar-refractivity contribution in [1.29, 1.82) is 0 Å². The third-order valence-electron chi connectivity index (χ3n) is 3.83. The van der Waals surface area contributed by atoms with Crippen molar-refractivity contribution in [2.45, 2.75) is 0 Å². The Labute approximate surface area is 145 Å². The van der Waals surface area contributed by atoms with Crippen LogP contribution < -0.4 is 4.90 Å². The first-order chi connectivity index (χ1) is 11.8. The Hall–Kier alpha value is -2.35. The van der Waals surface area contributed by atoms with Gasteiger partial charge in [-0.2, -0.15) is 4.68 Å². The topological polar surface area (TPSA) is 67.2 Å². The zero-order valence-electron chi connectivity index (χ0n) is 13.4. The van der Waals surface area contributed by atoms with Crippen molar-refractivity contribution in [1.82, 2.24) is 25.1 Å². The molecular weight excluding hydrogens is 324 g/mol. The minimum atomic E-state index is 0.184. The number of para-hydroxylation sites is 1. The minimum absolute atomic E-state index is 0.184. The van der Waals surface area contributed by atoms with Crippen LogP contribution in [0.15, 0.2) is 43.0 Å². The summed E-state index contributed by atoms with van der Waals surface area (Å²) < 4.78 is 1.73. The average Bonchev–Trinajstić information content (AvgIpc) is 3.12. The molecule has 3 rings (SSSR count). The molecule has 0 spiro atoms. The Bertz CT molecular complexity index is 681. The van der Waals surface area contributed by atoms with Gasteiger partial charge in [0.25, 0.3) is 0 Å². The summed E-state index contributed by atoms with van der Waals surface area (Å²) >= 11 is 1.59. The molecule has 0 bridgehead atoms. The van der Waals surface area contributed by atoms with Crippen LogP contribution in [-0.4, -0.2) is 68.7 Å². The van der Waals surface area contributed by atoms with E-state index in [0.29, 0.717) is 24.8 Å². The maximum absolute atomic E-state index is 12.2. The summed E-state index contributed by atoms with van der Waals surface area (Å²) in [6, 6.07) is 9.81. The molecule has 0 aliphatic carbocycles. The summed E-state index contributed by atoms with van der Waals surface area (Å²) in [6.07, 6.45) is 1.82. The molecule has 1 saturated heterocycles. The number of rotatable bonds is 6. The fourth-order valence-corrected chi connectivity index (χ4v) is 3.23. The summed E-state index contributed by atoms with van der Waals surface area (Å²) in [5.74, 6) is 2.21. The molecule has 0 saturated carbocycles. The molecule has 0 unspecified atom stereocenters. The Balaban J connectivity index is 1.61. The molecule has 1 aliphatic heterocycles. The summed E-state index contributed by atoms with van der Waals surface area (Å²) in [6.45, 7) is 6.50. The van der Waals surface area contributed by atoms with Gasteiger partial charge in [0, 0.05) is 31.9 Å². The molecule has 1 aliphatic rings. The first-order valence-electron chi connectivity index (χ1n) is 7.85. The molecule has 7 nitrogen and oxygen atoms in total. The first-order valence-corrected chi connectivity index (χ1v) is 9.00. The first kappa shape index (κ1) is 16.5. The predicted molar refractivity (Wildman–Crippen MR) is 95.5 cm³/mol. The number of hydrogen-bond acceptors (Lipinski definition) is 6. The third kappa shape index (κ3) is 3.76. The van der Waals surface area contributed by atoms with Crippen LogP contribution in [0, 0.1) is 0 Å². The lowest BCUT2D eigenvalue weighted by Crippen LogP contribution is -2.50. The molecule has 1 aromatic carbocycles. The number of aromatic nitrogens is 4. The summed E-state index contributed by atoms with van der Waals surface area (Å²) in [5, 5.41) is 12.0. The van der Waals surface area contributed by atoms with Crippen LogP contribution in [0.2, 0.25) is 0 Å². The SMILES string of the molecule is C=CCSCC(=O)N1CCN(c2nnnn2-c2ccccc2)CC1. The van der Waals surface area contributed by atoms with Crippen molar-refractivity contribution in [3.63, 3.8) is 0 Å². The minimum Gasteiger partial charge on any atom is -0.338 e. The monoisotopic (exact) mass is 344 g/mol. The number of amides is 1. The van der Waals surface area contributed by atoms with E-state index in [-0.39, 0.29) is 5.91 Å². The van der Waals surface area contributed by atoms with Crippen molar-refractivity contribution < 1.29 is 4.79 Å². The van der Waals surface area contributed by atoms with Gasteiger partial charge in [-0.3, -0.25) is 4.79 Å². The Morgan fingerprint density at radius 2 is 1.96 bits per heavy atom. The van der Waals surface area contributed by atoms with Crippen LogP contribution >= 0.6 is 11.8 Å². The molecule has 0 atom stereocenters. The molecule has 0 N–H and O–H groups in total. The Kier molecular flexibility index (Phi) is 5.47. The van der Waals surface area contributed by atoms with Gasteiger partial charge in [0.1, 0.15) is 0 Å². The van der Waals surface area contributed by atoms with E-state index in [1.54, 1.807) is 16.4 Å². The molecule has 2 heterocycles. The quantitative estimate of drug-likeness (QED) is 0.580. The highest BCUT2D eigenvalue weighted by atomic mass is 32.2. The molecule has 126 valence electrons. The fourth-order valence-electron chi connectivity index (χ4n) is 2.59. The predicted octanol–water partition coefficient (Wildman–Crippen LogP) is 1.23. The van der Waals surface area contributed by atoms with E-state index in [4.69, 9.17) is 0 Å². The Morgan fingerprint density at radius 1 is 1.21 bits per heavy atom. The van der Waals surface area contributed by atoms with E-state index in [9.17, 15) is 4.79 Å². The van der Waals surface area contributed by atoms with Crippen molar-refractivity contribution in [3.05, 3.63) is 43.0 Å². The van der Waals surface area contributed by atoms with Crippen molar-refractivity contribution in [2.75, 3.05) is 42.6 Å². The van der Waals surface area contributed by atoms with E-state index < -0.39 is 0 Å². The number of carbonyl (C=O) groups excluding carboxylic acids is 1. The zero-order valence-corrected chi connectivity index (χ0v) is 14.2. The molecule has 1 aromatic heterocycles. The second-order valence-corrected chi connectivity index (χ2v) is 6.43. The lowest BCUT2D eigenvalue weighted by molar-refractivity contribution is -0.128. The van der Waals surface area contributed by atoms with E-state index >= 15 is 0 Å². The van der Waals surface area contributed by atoms with Gasteiger partial charge in [-0.05, 0) is 22.6 Å². The number of nitrogens with zero attached hydrogens (tertiary/aromatic N) is 6. The van der Waals surface area contributed by atoms with Gasteiger partial charge in [0.15, 0.2) is 0 Å². The second-order valence-electron chi connectivity index (χ2n) is 5.40. The molecule has 1 fully saturated rings. The van der Waals surface area contributed by atoms with Crippen LogP contribution in [0.4, 0.5) is 5.95 Å². The summed E-state index contributed by atoms with van der Waals surface area (Å²) in [5.41, 5.74) is 0.928. The normalized spacial score (nSPS) is 14.7. The highest BCUT2D eigenvalue weighted by molar-refractivity contribution is 8.00. The lowest BCUT2D eigenvalue weighted by Gasteiger charge is -2.34. The number of tetrazole rings is 1. The van der Waals surface area contributed by atoms with Crippen LogP contribution in [0.25, 0.3) is 5.69 Å². The van der Waals surface area contributed by atoms with E-state index in [1.807, 2.05) is 41.3 Å². The fraction of sp³-hybridized carbons (Fsp3) is 0.375. The van der Waals surface area contributed by atoms with Gasteiger partial charge in [0.2, 0.25) is 11.9 Å². The average molecular weight is 344 g/mol. The van der Waals surface area contributed by atoms with Gasteiger partial charge < -0.3 is 9.80 Å². The van der Waals surface area contributed by atoms with E-state index in [1.165, 1.54) is 0 Å². The number of hydrogen-bond donors (Lipinski definition) is 0. The third-order valence-corrected chi connectivity index (χ3v) is 4.75. The lowest BCUT2D eigenvalue weighted by atomic mass is 10.3. The molecule has 8 heteroatoms. The van der Waals surface area contributed by atoms with Crippen LogP contribution in [0.3, 0.4) is 0 Å². The smallest absolute Gasteiger partial charge is 0.250 e. The van der Waals surface area contributed by atoms with Crippen molar-refractivity contribution in [3.8, 4) is 5.69 Å². The van der Waals surface area contributed by atoms with Gasteiger partial charge in [-0.15, -0.1) is 18.3 Å². The summed E-state index contributed by atoms with van der Waals surface area (Å²) in [7, 11) is 0. The Morgan fingerprint density at radius 3 is 2.67 bits per heavy atom. The highest BCUT2D eigenvalue weighted by Gasteiger charge is 2.24. The summed E-state index contributed by atoms with van der Waals surface area (Å²) in [4.78, 5) is 16.2. The van der Waals surface area contributed by atoms with Gasteiger partial charge in [-0.1, -0.05) is 29.4 Å². The van der Waals surface area contributed by atoms with Crippen molar-refractivity contribution in [2.24, 2.45) is 0 Å².